The second kappa shape index (κ2) is 13.7. The quantitative estimate of drug-likeness (QED) is 0.389. The Bertz CT molecular complexity index is 1150. The number of rotatable bonds is 4. The van der Waals surface area contributed by atoms with Gasteiger partial charge < -0.3 is 10.6 Å². The van der Waals surface area contributed by atoms with Crippen LogP contribution in [0.3, 0.4) is 0 Å². The third-order valence-corrected chi connectivity index (χ3v) is 5.44. The average Bonchev–Trinajstić information content (AvgIpc) is 2.83. The molecule has 0 amide bonds. The van der Waals surface area contributed by atoms with E-state index in [4.69, 9.17) is 23.2 Å². The van der Waals surface area contributed by atoms with Crippen molar-refractivity contribution in [1.29, 1.82) is 0 Å². The van der Waals surface area contributed by atoms with Crippen LogP contribution in [0.4, 0.5) is 11.4 Å². The van der Waals surface area contributed by atoms with Crippen molar-refractivity contribution < 1.29 is 26.4 Å². The molecule has 2 aliphatic rings. The number of anilines is 2. The van der Waals surface area contributed by atoms with E-state index >= 15 is 0 Å². The predicted octanol–water partition coefficient (Wildman–Crippen LogP) is 7.44. The van der Waals surface area contributed by atoms with E-state index in [2.05, 4.69) is 10.6 Å². The van der Waals surface area contributed by atoms with Crippen molar-refractivity contribution in [2.75, 3.05) is 10.6 Å². The van der Waals surface area contributed by atoms with Crippen LogP contribution in [0.5, 0.6) is 0 Å². The summed E-state index contributed by atoms with van der Waals surface area (Å²) in [5.74, 6) is 0.0397. The number of allylic oxidation sites excluding steroid dienone is 12. The second-order valence-corrected chi connectivity index (χ2v) is 8.38. The molecule has 0 saturated carbocycles. The van der Waals surface area contributed by atoms with Gasteiger partial charge in [-0.15, -0.1) is 0 Å². The monoisotopic (exact) mass is 549 g/mol. The molecule has 2 aromatic rings. The van der Waals surface area contributed by atoms with Crippen LogP contribution in [0.2, 0.25) is 10.0 Å². The first kappa shape index (κ1) is 28.1. The number of carbonyl (C=O) groups is 2. The minimum Gasteiger partial charge on any atom is -0.359 e. The molecule has 0 atom stereocenters. The number of nitrogens with one attached hydrogen (secondary N) is 2. The van der Waals surface area contributed by atoms with Gasteiger partial charge >= 0.3 is 0 Å². The molecule has 0 fully saturated rings. The fourth-order valence-electron chi connectivity index (χ4n) is 3.19. The van der Waals surface area contributed by atoms with Crippen LogP contribution in [-0.4, -0.2) is 11.6 Å². The van der Waals surface area contributed by atoms with Crippen LogP contribution in [0.1, 0.15) is 13.8 Å². The number of hydrogen-bond acceptors (Lipinski definition) is 4. The van der Waals surface area contributed by atoms with E-state index in [9.17, 15) is 9.59 Å². The number of hydrogen-bond donors (Lipinski definition) is 2. The first-order valence-corrected chi connectivity index (χ1v) is 11.3. The molecule has 4 nitrogen and oxygen atoms in total. The normalized spacial score (nSPS) is 16.7. The SMILES string of the molecule is C/C(Nc1ccc(Cl)cc1)=C1\C=CC=CC1=O.C/C(Nc1ccc(Cl)cc1)=C1\C=CC=CC1=O.[Co]. The van der Waals surface area contributed by atoms with E-state index in [0.29, 0.717) is 21.2 Å². The fourth-order valence-corrected chi connectivity index (χ4v) is 3.44. The summed E-state index contributed by atoms with van der Waals surface area (Å²) in [5.41, 5.74) is 4.85. The molecule has 1 radical (unpaired) electrons. The Hall–Kier alpha value is -3.09. The Balaban J connectivity index is 0.000000240. The number of ketones is 2. The van der Waals surface area contributed by atoms with Crippen molar-refractivity contribution in [3.63, 3.8) is 0 Å². The zero-order valence-electron chi connectivity index (χ0n) is 19.1. The molecule has 0 aliphatic heterocycles. The van der Waals surface area contributed by atoms with Crippen molar-refractivity contribution in [3.8, 4) is 0 Å². The molecule has 0 saturated heterocycles. The molecular formula is C28H24Cl2CoN2O2. The second-order valence-electron chi connectivity index (χ2n) is 7.51. The average molecular weight is 550 g/mol. The van der Waals surface area contributed by atoms with Gasteiger partial charge in [-0.2, -0.15) is 0 Å². The maximum absolute atomic E-state index is 11.6. The summed E-state index contributed by atoms with van der Waals surface area (Å²) in [6.45, 7) is 3.76. The van der Waals surface area contributed by atoms with Gasteiger partial charge in [0.05, 0.1) is 0 Å². The van der Waals surface area contributed by atoms with Crippen molar-refractivity contribution in [3.05, 3.63) is 130 Å². The minimum atomic E-state index is 0. The van der Waals surface area contributed by atoms with Crippen LogP contribution in [0.15, 0.2) is 120 Å². The van der Waals surface area contributed by atoms with Crippen molar-refractivity contribution in [2.45, 2.75) is 13.8 Å². The van der Waals surface area contributed by atoms with Crippen LogP contribution < -0.4 is 10.6 Å². The topological polar surface area (TPSA) is 58.2 Å². The Morgan fingerprint density at radius 1 is 0.571 bits per heavy atom. The van der Waals surface area contributed by atoms with Gasteiger partial charge in [0, 0.05) is 60.7 Å². The van der Waals surface area contributed by atoms with Gasteiger partial charge in [-0.3, -0.25) is 9.59 Å². The molecule has 4 rings (SSSR count). The summed E-state index contributed by atoms with van der Waals surface area (Å²) >= 11 is 11.6. The third kappa shape index (κ3) is 8.57. The molecule has 181 valence electrons. The van der Waals surface area contributed by atoms with E-state index in [1.54, 1.807) is 60.7 Å². The van der Waals surface area contributed by atoms with Gasteiger partial charge in [0.25, 0.3) is 0 Å². The van der Waals surface area contributed by atoms with Crippen molar-refractivity contribution in [1.82, 2.24) is 0 Å². The summed E-state index contributed by atoms with van der Waals surface area (Å²) < 4.78 is 0. The van der Waals surface area contributed by atoms with Gasteiger partial charge in [-0.25, -0.2) is 0 Å². The zero-order valence-corrected chi connectivity index (χ0v) is 21.7. The van der Waals surface area contributed by atoms with Gasteiger partial charge in [0.15, 0.2) is 11.6 Å². The minimum absolute atomic E-state index is 0. The molecule has 0 unspecified atom stereocenters. The number of halogens is 2. The Kier molecular flexibility index (Phi) is 11.0. The molecule has 0 bridgehead atoms. The molecule has 2 aliphatic carbocycles. The zero-order chi connectivity index (χ0) is 24.5. The predicted molar refractivity (Wildman–Crippen MR) is 142 cm³/mol. The number of benzene rings is 2. The summed E-state index contributed by atoms with van der Waals surface area (Å²) in [7, 11) is 0. The summed E-state index contributed by atoms with van der Waals surface area (Å²) in [4.78, 5) is 23.2. The smallest absolute Gasteiger partial charge is 0.187 e. The van der Waals surface area contributed by atoms with Crippen LogP contribution >= 0.6 is 23.2 Å². The Morgan fingerprint density at radius 2 is 0.886 bits per heavy atom. The molecule has 0 heterocycles. The molecule has 0 aromatic heterocycles. The first-order chi connectivity index (χ1) is 16.3. The van der Waals surface area contributed by atoms with Gasteiger partial charge in [-0.05, 0) is 86.7 Å². The molecular weight excluding hydrogens is 526 g/mol. The standard InChI is InChI=1S/2C14H12ClNO.Co/c2*1-10(13-4-2-3-5-14(13)17)16-12-8-6-11(15)7-9-12;/h2*2-9,16H,1H3;/b2*13-10-;. The maximum Gasteiger partial charge on any atom is 0.187 e. The van der Waals surface area contributed by atoms with E-state index < -0.39 is 0 Å². The molecule has 0 spiro atoms. The maximum atomic E-state index is 11.6. The molecule has 7 heteroatoms. The van der Waals surface area contributed by atoms with Crippen molar-refractivity contribution in [2.24, 2.45) is 0 Å². The van der Waals surface area contributed by atoms with E-state index in [-0.39, 0.29) is 28.3 Å². The van der Waals surface area contributed by atoms with Crippen LogP contribution in [-0.2, 0) is 26.4 Å². The molecule has 2 aromatic carbocycles. The largest absolute Gasteiger partial charge is 0.359 e. The summed E-state index contributed by atoms with van der Waals surface area (Å²) in [5, 5.41) is 7.75. The third-order valence-electron chi connectivity index (χ3n) is 4.93. The molecule has 35 heavy (non-hydrogen) atoms. The summed E-state index contributed by atoms with van der Waals surface area (Å²) in [6.07, 6.45) is 13.9. The van der Waals surface area contributed by atoms with Gasteiger partial charge in [0.1, 0.15) is 0 Å². The first-order valence-electron chi connectivity index (χ1n) is 10.6. The van der Waals surface area contributed by atoms with Crippen LogP contribution in [0.25, 0.3) is 0 Å². The van der Waals surface area contributed by atoms with E-state index in [0.717, 1.165) is 22.8 Å². The van der Waals surface area contributed by atoms with Gasteiger partial charge in [0.2, 0.25) is 0 Å². The van der Waals surface area contributed by atoms with Crippen molar-refractivity contribution >= 4 is 46.1 Å². The fraction of sp³-hybridized carbons (Fsp3) is 0.0714. The Labute approximate surface area is 226 Å². The summed E-state index contributed by atoms with van der Waals surface area (Å²) in [6, 6.07) is 14.7. The van der Waals surface area contributed by atoms with E-state index in [1.807, 2.05) is 50.3 Å². The van der Waals surface area contributed by atoms with Crippen LogP contribution in [0, 0.1) is 0 Å². The Morgan fingerprint density at radius 3 is 1.20 bits per heavy atom. The molecule has 2 N–H and O–H groups in total. The van der Waals surface area contributed by atoms with Gasteiger partial charge in [-0.1, -0.05) is 47.5 Å². The van der Waals surface area contributed by atoms with E-state index in [1.165, 1.54) is 0 Å². The number of carbonyl (C=O) groups excluding carboxylic acids is 2.